The number of hydrogen-bond donors (Lipinski definition) is 1. The normalized spacial score (nSPS) is 18.9. The van der Waals surface area contributed by atoms with Gasteiger partial charge in [-0.25, -0.2) is 4.79 Å². The maximum Gasteiger partial charge on any atom is 0.376 e. The number of carbonyl (C=O) groups is 2. The lowest BCUT2D eigenvalue weighted by molar-refractivity contribution is -0.155. The Morgan fingerprint density at radius 2 is 2.12 bits per heavy atom. The first-order valence-corrected chi connectivity index (χ1v) is 6.49. The van der Waals surface area contributed by atoms with E-state index >= 15 is 0 Å². The largest absolute Gasteiger partial charge is 0.455 e. The number of thioether (sulfide) groups is 1. The summed E-state index contributed by atoms with van der Waals surface area (Å²) < 4.78 is 4.96. The monoisotopic (exact) mass is 251 g/mol. The summed E-state index contributed by atoms with van der Waals surface area (Å²) in [6.45, 7) is 0.144. The van der Waals surface area contributed by atoms with Gasteiger partial charge in [-0.3, -0.25) is 10.1 Å². The second kappa shape index (κ2) is 5.84. The van der Waals surface area contributed by atoms with Crippen LogP contribution in [-0.2, 0) is 20.9 Å². The molecule has 0 unspecified atom stereocenters. The van der Waals surface area contributed by atoms with E-state index in [1.165, 1.54) is 0 Å². The third kappa shape index (κ3) is 3.31. The molecule has 1 aliphatic heterocycles. The van der Waals surface area contributed by atoms with Crippen molar-refractivity contribution < 1.29 is 14.3 Å². The number of carbonyl (C=O) groups excluding carboxylic acids is 2. The van der Waals surface area contributed by atoms with Gasteiger partial charge in [0.2, 0.25) is 0 Å². The van der Waals surface area contributed by atoms with Gasteiger partial charge in [0, 0.05) is 11.6 Å². The molecule has 1 N–H and O–H groups in total. The van der Waals surface area contributed by atoms with Gasteiger partial charge in [0.1, 0.15) is 6.61 Å². The molecule has 0 aliphatic carbocycles. The van der Waals surface area contributed by atoms with Crippen molar-refractivity contribution in [2.24, 2.45) is 0 Å². The summed E-state index contributed by atoms with van der Waals surface area (Å²) in [6.07, 6.45) is 0. The Bertz CT molecular complexity index is 401. The highest BCUT2D eigenvalue weighted by Crippen LogP contribution is 2.11. The summed E-state index contributed by atoms with van der Waals surface area (Å²) in [7, 11) is 0. The summed E-state index contributed by atoms with van der Waals surface area (Å²) in [5.74, 6) is 0.113. The van der Waals surface area contributed by atoms with Gasteiger partial charge in [0.05, 0.1) is 6.04 Å². The van der Waals surface area contributed by atoms with Crippen molar-refractivity contribution in [3.05, 3.63) is 35.9 Å². The Morgan fingerprint density at radius 1 is 1.35 bits per heavy atom. The smallest absolute Gasteiger partial charge is 0.376 e. The Labute approximate surface area is 104 Å². The van der Waals surface area contributed by atoms with Gasteiger partial charge in [0.25, 0.3) is 5.78 Å². The van der Waals surface area contributed by atoms with Crippen molar-refractivity contribution in [3.63, 3.8) is 0 Å². The van der Waals surface area contributed by atoms with E-state index in [0.717, 1.165) is 5.56 Å². The molecule has 90 valence electrons. The van der Waals surface area contributed by atoms with Crippen LogP contribution in [0.4, 0.5) is 0 Å². The highest BCUT2D eigenvalue weighted by atomic mass is 32.2. The van der Waals surface area contributed by atoms with Gasteiger partial charge in [-0.2, -0.15) is 0 Å². The Balaban J connectivity index is 1.83. The van der Waals surface area contributed by atoms with Crippen LogP contribution in [0, 0.1) is 0 Å². The lowest BCUT2D eigenvalue weighted by Crippen LogP contribution is -2.38. The highest BCUT2D eigenvalue weighted by molar-refractivity contribution is 7.99. The topological polar surface area (TPSA) is 55.4 Å². The number of ether oxygens (including phenoxy) is 1. The molecule has 1 fully saturated rings. The van der Waals surface area contributed by atoms with Crippen molar-refractivity contribution >= 4 is 23.5 Å². The van der Waals surface area contributed by atoms with Crippen LogP contribution in [0.2, 0.25) is 0 Å². The lowest BCUT2D eigenvalue weighted by atomic mass is 10.2. The van der Waals surface area contributed by atoms with Crippen LogP contribution < -0.4 is 5.32 Å². The first-order chi connectivity index (χ1) is 8.27. The van der Waals surface area contributed by atoms with Gasteiger partial charge in [0.15, 0.2) is 0 Å². The fourth-order valence-electron chi connectivity index (χ4n) is 1.50. The Hall–Kier alpha value is -1.33. The van der Waals surface area contributed by atoms with E-state index in [2.05, 4.69) is 5.32 Å². The summed E-state index contributed by atoms with van der Waals surface area (Å²) >= 11 is 1.60. The van der Waals surface area contributed by atoms with E-state index < -0.39 is 11.8 Å². The van der Waals surface area contributed by atoms with Gasteiger partial charge in [-0.15, -0.1) is 11.8 Å². The SMILES string of the molecule is O=C(OCc1ccccc1)C(=O)[C@@H]1CSCN1. The minimum Gasteiger partial charge on any atom is -0.455 e. The molecule has 1 aromatic carbocycles. The van der Waals surface area contributed by atoms with E-state index in [4.69, 9.17) is 4.74 Å². The molecule has 0 aromatic heterocycles. The number of rotatable bonds is 4. The second-order valence-corrected chi connectivity index (χ2v) is 4.73. The molecular formula is C12H13NO3S. The van der Waals surface area contributed by atoms with E-state index in [9.17, 15) is 9.59 Å². The zero-order chi connectivity index (χ0) is 12.1. The first kappa shape index (κ1) is 12.1. The molecule has 2 rings (SSSR count). The van der Waals surface area contributed by atoms with Crippen molar-refractivity contribution in [1.29, 1.82) is 0 Å². The van der Waals surface area contributed by atoms with E-state index in [0.29, 0.717) is 11.6 Å². The molecule has 5 heteroatoms. The molecule has 17 heavy (non-hydrogen) atoms. The molecule has 1 saturated heterocycles. The average Bonchev–Trinajstić information content (AvgIpc) is 2.90. The number of benzene rings is 1. The van der Waals surface area contributed by atoms with Gasteiger partial charge >= 0.3 is 5.97 Å². The third-order valence-electron chi connectivity index (χ3n) is 2.45. The Kier molecular flexibility index (Phi) is 4.17. The predicted molar refractivity (Wildman–Crippen MR) is 65.5 cm³/mol. The standard InChI is InChI=1S/C12H13NO3S/c14-11(10-7-17-8-13-10)12(15)16-6-9-4-2-1-3-5-9/h1-5,10,13H,6-8H2/t10-/m0/s1. The predicted octanol–water partition coefficient (Wildman–Crippen LogP) is 0.961. The van der Waals surface area contributed by atoms with Crippen LogP contribution in [-0.4, -0.2) is 29.4 Å². The van der Waals surface area contributed by atoms with E-state index in [1.807, 2.05) is 30.3 Å². The highest BCUT2D eigenvalue weighted by Gasteiger charge is 2.29. The molecule has 0 bridgehead atoms. The third-order valence-corrected chi connectivity index (χ3v) is 3.39. The maximum absolute atomic E-state index is 11.6. The Morgan fingerprint density at radius 3 is 2.76 bits per heavy atom. The fraction of sp³-hybridized carbons (Fsp3) is 0.333. The van der Waals surface area contributed by atoms with Crippen molar-refractivity contribution in [2.75, 3.05) is 11.6 Å². The lowest BCUT2D eigenvalue weighted by Gasteiger charge is -2.08. The molecule has 1 aromatic rings. The van der Waals surface area contributed by atoms with Gasteiger partial charge in [-0.1, -0.05) is 30.3 Å². The summed E-state index contributed by atoms with van der Waals surface area (Å²) in [4.78, 5) is 23.1. The van der Waals surface area contributed by atoms with Crippen LogP contribution in [0.1, 0.15) is 5.56 Å². The van der Waals surface area contributed by atoms with Crippen LogP contribution in [0.25, 0.3) is 0 Å². The zero-order valence-electron chi connectivity index (χ0n) is 9.22. The maximum atomic E-state index is 11.6. The summed E-state index contributed by atoms with van der Waals surface area (Å²) in [5.41, 5.74) is 0.877. The quantitative estimate of drug-likeness (QED) is 0.638. The van der Waals surface area contributed by atoms with Crippen molar-refractivity contribution in [3.8, 4) is 0 Å². The van der Waals surface area contributed by atoms with E-state index in [1.54, 1.807) is 11.8 Å². The molecular weight excluding hydrogens is 238 g/mol. The molecule has 1 heterocycles. The van der Waals surface area contributed by atoms with E-state index in [-0.39, 0.29) is 12.6 Å². The summed E-state index contributed by atoms with van der Waals surface area (Å²) in [6, 6.07) is 8.92. The second-order valence-electron chi connectivity index (χ2n) is 3.70. The molecule has 1 aliphatic rings. The van der Waals surface area contributed by atoms with Gasteiger partial charge in [-0.05, 0) is 5.56 Å². The molecule has 0 spiro atoms. The number of ketones is 1. The minimum absolute atomic E-state index is 0.144. The van der Waals surface area contributed by atoms with Crippen molar-refractivity contribution in [1.82, 2.24) is 5.32 Å². The molecule has 4 nitrogen and oxygen atoms in total. The molecule has 0 saturated carbocycles. The minimum atomic E-state index is -0.756. The van der Waals surface area contributed by atoms with Crippen LogP contribution in [0.15, 0.2) is 30.3 Å². The molecule has 1 atom stereocenters. The number of hydrogen-bond acceptors (Lipinski definition) is 5. The molecule has 0 radical (unpaired) electrons. The molecule has 0 amide bonds. The number of Topliss-reactive ketones (excluding diaryl/α,β-unsaturated/α-hetero) is 1. The number of esters is 1. The van der Waals surface area contributed by atoms with Crippen LogP contribution >= 0.6 is 11.8 Å². The van der Waals surface area contributed by atoms with Crippen LogP contribution in [0.3, 0.4) is 0 Å². The zero-order valence-corrected chi connectivity index (χ0v) is 10.0. The fourth-order valence-corrected chi connectivity index (χ4v) is 2.44. The number of nitrogens with one attached hydrogen (secondary N) is 1. The van der Waals surface area contributed by atoms with Crippen LogP contribution in [0.5, 0.6) is 0 Å². The van der Waals surface area contributed by atoms with Crippen molar-refractivity contribution in [2.45, 2.75) is 12.6 Å². The first-order valence-electron chi connectivity index (χ1n) is 5.33. The summed E-state index contributed by atoms with van der Waals surface area (Å²) in [5, 5.41) is 2.95. The van der Waals surface area contributed by atoms with Gasteiger partial charge < -0.3 is 4.74 Å². The average molecular weight is 251 g/mol.